The van der Waals surface area contributed by atoms with E-state index in [9.17, 15) is 4.79 Å². The van der Waals surface area contributed by atoms with Crippen LogP contribution in [0.1, 0.15) is 26.0 Å². The number of methoxy groups -OCH3 is 1. The lowest BCUT2D eigenvalue weighted by Crippen LogP contribution is -2.32. The summed E-state index contributed by atoms with van der Waals surface area (Å²) < 4.78 is 4.76. The summed E-state index contributed by atoms with van der Waals surface area (Å²) in [4.78, 5) is 20.0. The van der Waals surface area contributed by atoms with Crippen molar-refractivity contribution in [3.8, 4) is 0 Å². The summed E-state index contributed by atoms with van der Waals surface area (Å²) in [5, 5.41) is 2.99. The molecule has 0 saturated heterocycles. The minimum atomic E-state index is -0.449. The molecule has 1 rings (SSSR count). The first kappa shape index (κ1) is 15.3. The summed E-state index contributed by atoms with van der Waals surface area (Å²) in [6, 6.07) is -0.449. The zero-order chi connectivity index (χ0) is 14.4. The van der Waals surface area contributed by atoms with Gasteiger partial charge in [-0.2, -0.15) is 0 Å². The third-order valence-corrected chi connectivity index (χ3v) is 2.63. The summed E-state index contributed by atoms with van der Waals surface area (Å²) in [5.41, 5.74) is 5.88. The van der Waals surface area contributed by atoms with Gasteiger partial charge in [0.05, 0.1) is 19.5 Å². The maximum absolute atomic E-state index is 11.7. The Balaban J connectivity index is 2.78. The van der Waals surface area contributed by atoms with Crippen LogP contribution in [0.3, 0.4) is 0 Å². The van der Waals surface area contributed by atoms with E-state index >= 15 is 0 Å². The van der Waals surface area contributed by atoms with Gasteiger partial charge in [0.2, 0.25) is 0 Å². The van der Waals surface area contributed by atoms with Crippen molar-refractivity contribution in [3.05, 3.63) is 18.1 Å². The lowest BCUT2D eigenvalue weighted by Gasteiger charge is -2.18. The highest BCUT2D eigenvalue weighted by atomic mass is 32.1. The highest BCUT2D eigenvalue weighted by Gasteiger charge is 2.20. The number of hydrogen-bond acceptors (Lipinski definition) is 6. The summed E-state index contributed by atoms with van der Waals surface area (Å²) in [6.07, 6.45) is 3.60. The molecule has 0 radical (unpaired) electrons. The van der Waals surface area contributed by atoms with Crippen molar-refractivity contribution in [1.29, 1.82) is 0 Å². The molecule has 7 heteroatoms. The summed E-state index contributed by atoms with van der Waals surface area (Å²) in [6.45, 7) is 4.05. The molecule has 0 aliphatic rings. The Morgan fingerprint density at radius 1 is 1.47 bits per heavy atom. The number of nitrogens with two attached hydrogens (primary N) is 1. The number of hydrogen-bond donors (Lipinski definition) is 2. The molecule has 0 aromatic carbocycles. The van der Waals surface area contributed by atoms with Crippen LogP contribution in [-0.4, -0.2) is 34.1 Å². The number of anilines is 1. The first-order chi connectivity index (χ1) is 8.93. The number of aromatic nitrogens is 2. The van der Waals surface area contributed by atoms with Crippen molar-refractivity contribution >= 4 is 29.0 Å². The van der Waals surface area contributed by atoms with Gasteiger partial charge in [0.25, 0.3) is 0 Å². The van der Waals surface area contributed by atoms with Crippen molar-refractivity contribution in [2.75, 3.05) is 12.4 Å². The third kappa shape index (κ3) is 4.78. The van der Waals surface area contributed by atoms with Gasteiger partial charge in [-0.3, -0.25) is 0 Å². The molecule has 0 aliphatic carbocycles. The molecule has 3 N–H and O–H groups in total. The van der Waals surface area contributed by atoms with Gasteiger partial charge in [0, 0.05) is 0 Å². The number of nitrogens with zero attached hydrogens (tertiary/aromatic N) is 2. The SMILES string of the molecule is COC(=O)C(CC(C)C)Nc1cnc(C(N)=S)cn1. The van der Waals surface area contributed by atoms with E-state index in [2.05, 4.69) is 15.3 Å². The quantitative estimate of drug-likeness (QED) is 0.596. The summed E-state index contributed by atoms with van der Waals surface area (Å²) in [5.74, 6) is 0.505. The molecule has 1 atom stereocenters. The van der Waals surface area contributed by atoms with E-state index < -0.39 is 6.04 Å². The van der Waals surface area contributed by atoms with Gasteiger partial charge in [0.1, 0.15) is 22.5 Å². The van der Waals surface area contributed by atoms with Crippen LogP contribution in [-0.2, 0) is 9.53 Å². The molecule has 0 fully saturated rings. The van der Waals surface area contributed by atoms with Crippen LogP contribution in [0.4, 0.5) is 5.82 Å². The fourth-order valence-corrected chi connectivity index (χ4v) is 1.64. The van der Waals surface area contributed by atoms with Crippen molar-refractivity contribution in [2.45, 2.75) is 26.3 Å². The van der Waals surface area contributed by atoms with Crippen LogP contribution in [0.25, 0.3) is 0 Å². The molecular formula is C12H18N4O2S. The predicted octanol–water partition coefficient (Wildman–Crippen LogP) is 1.11. The van der Waals surface area contributed by atoms with Crippen LogP contribution in [0, 0.1) is 5.92 Å². The second kappa shape index (κ2) is 6.98. The second-order valence-electron chi connectivity index (χ2n) is 4.50. The number of carbonyl (C=O) groups is 1. The summed E-state index contributed by atoms with van der Waals surface area (Å²) >= 11 is 4.79. The molecule has 1 heterocycles. The van der Waals surface area contributed by atoms with Gasteiger partial charge >= 0.3 is 5.97 Å². The largest absolute Gasteiger partial charge is 0.467 e. The van der Waals surface area contributed by atoms with Crippen molar-refractivity contribution in [2.24, 2.45) is 11.7 Å². The maximum Gasteiger partial charge on any atom is 0.328 e. The Bertz CT molecular complexity index is 448. The highest BCUT2D eigenvalue weighted by Crippen LogP contribution is 2.11. The molecule has 0 amide bonds. The van der Waals surface area contributed by atoms with Crippen LogP contribution in [0.15, 0.2) is 12.4 Å². The monoisotopic (exact) mass is 282 g/mol. The molecule has 1 aromatic heterocycles. The number of nitrogens with one attached hydrogen (secondary N) is 1. The van der Waals surface area contributed by atoms with Gasteiger partial charge in [-0.15, -0.1) is 0 Å². The molecular weight excluding hydrogens is 264 g/mol. The van der Waals surface area contributed by atoms with E-state index in [-0.39, 0.29) is 11.0 Å². The molecule has 1 unspecified atom stereocenters. The van der Waals surface area contributed by atoms with E-state index in [1.807, 2.05) is 13.8 Å². The minimum absolute atomic E-state index is 0.186. The molecule has 0 aliphatic heterocycles. The van der Waals surface area contributed by atoms with Gasteiger partial charge in [-0.25, -0.2) is 14.8 Å². The molecule has 104 valence electrons. The van der Waals surface area contributed by atoms with Gasteiger partial charge in [-0.1, -0.05) is 26.1 Å². The maximum atomic E-state index is 11.7. The fourth-order valence-electron chi connectivity index (χ4n) is 1.54. The molecule has 0 bridgehead atoms. The Morgan fingerprint density at radius 2 is 2.16 bits per heavy atom. The molecule has 19 heavy (non-hydrogen) atoms. The predicted molar refractivity (Wildman–Crippen MR) is 76.8 cm³/mol. The van der Waals surface area contributed by atoms with E-state index in [1.165, 1.54) is 19.5 Å². The van der Waals surface area contributed by atoms with Crippen molar-refractivity contribution in [1.82, 2.24) is 9.97 Å². The van der Waals surface area contributed by atoms with Crippen LogP contribution in [0.2, 0.25) is 0 Å². The average molecular weight is 282 g/mol. The molecule has 0 spiro atoms. The van der Waals surface area contributed by atoms with Gasteiger partial charge in [-0.05, 0) is 12.3 Å². The number of rotatable bonds is 6. The molecule has 1 aromatic rings. The van der Waals surface area contributed by atoms with Crippen molar-refractivity contribution in [3.63, 3.8) is 0 Å². The third-order valence-electron chi connectivity index (χ3n) is 2.42. The smallest absolute Gasteiger partial charge is 0.328 e. The highest BCUT2D eigenvalue weighted by molar-refractivity contribution is 7.80. The number of esters is 1. The fraction of sp³-hybridized carbons (Fsp3) is 0.500. The number of carbonyl (C=O) groups excluding carboxylic acids is 1. The zero-order valence-electron chi connectivity index (χ0n) is 11.2. The Kier molecular flexibility index (Phi) is 5.62. The normalized spacial score (nSPS) is 12.0. The zero-order valence-corrected chi connectivity index (χ0v) is 12.0. The van der Waals surface area contributed by atoms with E-state index in [1.54, 1.807) is 0 Å². The number of ether oxygens (including phenoxy) is 1. The Hall–Kier alpha value is -1.76. The summed E-state index contributed by atoms with van der Waals surface area (Å²) in [7, 11) is 1.36. The lowest BCUT2D eigenvalue weighted by molar-refractivity contribution is -0.141. The Morgan fingerprint density at radius 3 is 2.58 bits per heavy atom. The van der Waals surface area contributed by atoms with Gasteiger partial charge < -0.3 is 15.8 Å². The van der Waals surface area contributed by atoms with Crippen LogP contribution in [0.5, 0.6) is 0 Å². The minimum Gasteiger partial charge on any atom is -0.467 e. The standard InChI is InChI=1S/C12H18N4O2S/c1-7(2)4-8(12(17)18-3)16-10-6-14-9(5-15-10)11(13)19/h5-8H,4H2,1-3H3,(H2,13,19)(H,15,16). The number of thiocarbonyl (C=S) groups is 1. The first-order valence-corrected chi connectivity index (χ1v) is 6.31. The van der Waals surface area contributed by atoms with Crippen LogP contribution >= 0.6 is 12.2 Å². The Labute approximate surface area is 117 Å². The van der Waals surface area contributed by atoms with E-state index in [0.717, 1.165) is 0 Å². The average Bonchev–Trinajstić information content (AvgIpc) is 2.37. The van der Waals surface area contributed by atoms with E-state index in [4.69, 9.17) is 22.7 Å². The molecule has 0 saturated carbocycles. The first-order valence-electron chi connectivity index (χ1n) is 5.90. The van der Waals surface area contributed by atoms with E-state index in [0.29, 0.717) is 23.9 Å². The van der Waals surface area contributed by atoms with Crippen molar-refractivity contribution < 1.29 is 9.53 Å². The molecule has 6 nitrogen and oxygen atoms in total. The topological polar surface area (TPSA) is 90.1 Å². The van der Waals surface area contributed by atoms with Gasteiger partial charge in [0.15, 0.2) is 0 Å². The lowest BCUT2D eigenvalue weighted by atomic mass is 10.0. The second-order valence-corrected chi connectivity index (χ2v) is 4.94. The van der Waals surface area contributed by atoms with Crippen LogP contribution < -0.4 is 11.1 Å².